The average molecular weight is 550 g/mol. The molecule has 3 aliphatic rings. The second-order valence-electron chi connectivity index (χ2n) is 10.1. The van der Waals surface area contributed by atoms with Gasteiger partial charge in [0.05, 0.1) is 0 Å². The Bertz CT molecular complexity index is 659. The van der Waals surface area contributed by atoms with E-state index < -0.39 is 20.0 Å². The van der Waals surface area contributed by atoms with Crippen LogP contribution in [0.2, 0.25) is 8.35 Å². The molecule has 1 unspecified atom stereocenters. The fourth-order valence-corrected chi connectivity index (χ4v) is 28.0. The van der Waals surface area contributed by atoms with Gasteiger partial charge in [-0.3, -0.25) is 0 Å². The first-order valence-electron chi connectivity index (χ1n) is 9.31. The van der Waals surface area contributed by atoms with Gasteiger partial charge >= 0.3 is 148 Å². The van der Waals surface area contributed by atoms with E-state index in [2.05, 4.69) is 73.6 Å². The Morgan fingerprint density at radius 1 is 0.920 bits per heavy atom. The van der Waals surface area contributed by atoms with Gasteiger partial charge in [0.1, 0.15) is 0 Å². The van der Waals surface area contributed by atoms with Crippen molar-refractivity contribution >= 4 is 24.8 Å². The van der Waals surface area contributed by atoms with Gasteiger partial charge in [0.25, 0.3) is 0 Å². The zero-order chi connectivity index (χ0) is 17.2. The van der Waals surface area contributed by atoms with E-state index >= 15 is 0 Å². The Kier molecular flexibility index (Phi) is 6.98. The Labute approximate surface area is 172 Å². The van der Waals surface area contributed by atoms with Crippen molar-refractivity contribution in [2.75, 3.05) is 0 Å². The normalized spacial score (nSPS) is 25.0. The SMILES string of the molecule is CC1=[C]([Hf]2([C]3=CC(C(C)(C)C)=CC3C)[CH2][CH2]2)CC(C(C)(C)C)=C1.Cl.Cl. The summed E-state index contributed by atoms with van der Waals surface area (Å²) in [4.78, 5) is 0. The van der Waals surface area contributed by atoms with Crippen molar-refractivity contribution in [3.63, 3.8) is 0 Å². The summed E-state index contributed by atoms with van der Waals surface area (Å²) in [6, 6.07) is 0. The topological polar surface area (TPSA) is 0 Å². The van der Waals surface area contributed by atoms with Crippen molar-refractivity contribution < 1.29 is 20.0 Å². The molecule has 3 heteroatoms. The molecule has 0 nitrogen and oxygen atoms in total. The molecule has 0 aromatic carbocycles. The average Bonchev–Trinajstić information content (AvgIpc) is 2.90. The van der Waals surface area contributed by atoms with E-state index in [0.717, 1.165) is 0 Å². The van der Waals surface area contributed by atoms with Gasteiger partial charge in [0.2, 0.25) is 0 Å². The van der Waals surface area contributed by atoms with Crippen LogP contribution < -0.4 is 0 Å². The summed E-state index contributed by atoms with van der Waals surface area (Å²) >= 11 is -2.34. The third-order valence-electron chi connectivity index (χ3n) is 6.17. The summed E-state index contributed by atoms with van der Waals surface area (Å²) in [6.07, 6.45) is 9.05. The van der Waals surface area contributed by atoms with Crippen LogP contribution in [0.15, 0.2) is 41.6 Å². The molecule has 1 saturated heterocycles. The summed E-state index contributed by atoms with van der Waals surface area (Å²) in [5.74, 6) is 0.701. The molecule has 142 valence electrons. The van der Waals surface area contributed by atoms with Gasteiger partial charge in [0, 0.05) is 0 Å². The molecule has 1 fully saturated rings. The van der Waals surface area contributed by atoms with Gasteiger partial charge < -0.3 is 0 Å². The molecule has 0 N–H and O–H groups in total. The van der Waals surface area contributed by atoms with Crippen LogP contribution >= 0.6 is 24.8 Å². The molecule has 1 heterocycles. The van der Waals surface area contributed by atoms with Gasteiger partial charge in [-0.15, -0.1) is 24.8 Å². The minimum absolute atomic E-state index is 0. The summed E-state index contributed by atoms with van der Waals surface area (Å²) in [7, 11) is 0. The molecule has 25 heavy (non-hydrogen) atoms. The van der Waals surface area contributed by atoms with E-state index in [9.17, 15) is 0 Å². The third kappa shape index (κ3) is 4.30. The maximum atomic E-state index is 2.65. The number of allylic oxidation sites excluding steroid dienone is 8. The summed E-state index contributed by atoms with van der Waals surface area (Å²) < 4.78 is 7.02. The summed E-state index contributed by atoms with van der Waals surface area (Å²) in [5, 5.41) is 0. The number of rotatable bonds is 2. The molecule has 1 atom stereocenters. The molecular formula is C22H36Cl2Hf. The number of hydrogen-bond acceptors (Lipinski definition) is 0. The summed E-state index contributed by atoms with van der Waals surface area (Å²) in [6.45, 7) is 19.1. The number of hydrogen-bond donors (Lipinski definition) is 0. The first kappa shape index (κ1) is 23.4. The van der Waals surface area contributed by atoms with Gasteiger partial charge in [-0.05, 0) is 0 Å². The van der Waals surface area contributed by atoms with Crippen molar-refractivity contribution in [2.24, 2.45) is 16.7 Å². The van der Waals surface area contributed by atoms with Crippen molar-refractivity contribution in [3.05, 3.63) is 41.6 Å². The van der Waals surface area contributed by atoms with Crippen LogP contribution in [0.5, 0.6) is 0 Å². The monoisotopic (exact) mass is 550 g/mol. The first-order chi connectivity index (χ1) is 10.4. The maximum absolute atomic E-state index is 2.65. The summed E-state index contributed by atoms with van der Waals surface area (Å²) in [5.41, 5.74) is 5.54. The molecule has 0 aromatic rings. The molecule has 1 aliphatic heterocycles. The molecule has 0 amide bonds. The Balaban J connectivity index is 0.00000156. The fraction of sp³-hybridized carbons (Fsp3) is 0.636. The first-order valence-corrected chi connectivity index (χ1v) is 18.0. The zero-order valence-corrected chi connectivity index (χ0v) is 22.5. The fourth-order valence-electron chi connectivity index (χ4n) is 4.39. The molecule has 0 radical (unpaired) electrons. The standard InChI is InChI=1S/2C10H15.C2H4.2ClH.Hf/c2*1-8-5-6-9(7-8)10(2,3)4;1-2;;;/h7H,6H2,1-4H3;6-8H,1-4H3;1-2H2;2*1H;. The van der Waals surface area contributed by atoms with Crippen LogP contribution in [0.1, 0.15) is 61.8 Å². The molecule has 0 bridgehead atoms. The Hall–Kier alpha value is 0.410. The van der Waals surface area contributed by atoms with Gasteiger partial charge in [-0.25, -0.2) is 0 Å². The van der Waals surface area contributed by atoms with E-state index in [0.29, 0.717) is 16.7 Å². The Morgan fingerprint density at radius 3 is 1.84 bits per heavy atom. The van der Waals surface area contributed by atoms with E-state index in [1.165, 1.54) is 6.42 Å². The van der Waals surface area contributed by atoms with Crippen molar-refractivity contribution in [3.8, 4) is 0 Å². The quantitative estimate of drug-likeness (QED) is 0.306. The van der Waals surface area contributed by atoms with Crippen LogP contribution in [-0.2, 0) is 20.0 Å². The molecular weight excluding hydrogens is 514 g/mol. The molecule has 2 aliphatic carbocycles. The van der Waals surface area contributed by atoms with Crippen LogP contribution in [0.4, 0.5) is 0 Å². The second-order valence-corrected chi connectivity index (χ2v) is 25.7. The van der Waals surface area contributed by atoms with Crippen LogP contribution in [0, 0.1) is 16.7 Å². The second kappa shape index (κ2) is 7.44. The zero-order valence-electron chi connectivity index (χ0n) is 17.2. The van der Waals surface area contributed by atoms with E-state index in [1.54, 1.807) is 25.1 Å². The predicted octanol–water partition coefficient (Wildman–Crippen LogP) is 7.99. The van der Waals surface area contributed by atoms with Crippen LogP contribution in [-0.4, -0.2) is 0 Å². The number of halogens is 2. The van der Waals surface area contributed by atoms with Gasteiger partial charge in [0.15, 0.2) is 0 Å². The molecule has 0 spiro atoms. The maximum Gasteiger partial charge on any atom is -0.147 e. The van der Waals surface area contributed by atoms with Crippen LogP contribution in [0.25, 0.3) is 0 Å². The molecule has 0 aromatic heterocycles. The largest absolute Gasteiger partial charge is 0.147 e. The van der Waals surface area contributed by atoms with Crippen molar-refractivity contribution in [2.45, 2.75) is 70.2 Å². The van der Waals surface area contributed by atoms with Gasteiger partial charge in [-0.1, -0.05) is 0 Å². The van der Waals surface area contributed by atoms with E-state index in [4.69, 9.17) is 0 Å². The Morgan fingerprint density at radius 2 is 1.48 bits per heavy atom. The van der Waals surface area contributed by atoms with Gasteiger partial charge in [-0.2, -0.15) is 0 Å². The minimum Gasteiger partial charge on any atom is -0.147 e. The third-order valence-corrected chi connectivity index (χ3v) is 23.9. The molecule has 3 rings (SSSR count). The van der Waals surface area contributed by atoms with E-state index in [-0.39, 0.29) is 24.8 Å². The van der Waals surface area contributed by atoms with E-state index in [1.807, 2.05) is 6.66 Å². The molecule has 0 saturated carbocycles. The smallest absolute Gasteiger partial charge is 0.147 e. The van der Waals surface area contributed by atoms with Crippen molar-refractivity contribution in [1.82, 2.24) is 0 Å². The van der Waals surface area contributed by atoms with Crippen LogP contribution in [0.3, 0.4) is 0 Å². The van der Waals surface area contributed by atoms with Crippen molar-refractivity contribution in [1.29, 1.82) is 0 Å². The predicted molar refractivity (Wildman–Crippen MR) is 114 cm³/mol. The minimum atomic E-state index is -2.34.